The minimum atomic E-state index is -1.05. The molecule has 0 radical (unpaired) electrons. The van der Waals surface area contributed by atoms with E-state index in [0.717, 1.165) is 16.7 Å². The van der Waals surface area contributed by atoms with E-state index in [0.29, 0.717) is 19.3 Å². The topological polar surface area (TPSA) is 75.6 Å². The lowest BCUT2D eigenvalue weighted by Gasteiger charge is -2.72. The van der Waals surface area contributed by atoms with Crippen LogP contribution < -0.4 is 5.32 Å². The lowest BCUT2D eigenvalue weighted by molar-refractivity contribution is -0.183. The van der Waals surface area contributed by atoms with Crippen LogP contribution in [-0.4, -0.2) is 23.2 Å². The molecule has 2 bridgehead atoms. The number of aryl methyl sites for hydroxylation is 1. The van der Waals surface area contributed by atoms with E-state index < -0.39 is 23.5 Å². The van der Waals surface area contributed by atoms with Gasteiger partial charge in [-0.25, -0.2) is 14.0 Å². The predicted molar refractivity (Wildman–Crippen MR) is 100 cm³/mol. The third-order valence-corrected chi connectivity index (χ3v) is 6.17. The molecule has 6 heteroatoms. The molecule has 28 heavy (non-hydrogen) atoms. The summed E-state index contributed by atoms with van der Waals surface area (Å²) in [5.41, 5.74) is 2.24. The molecule has 3 saturated carbocycles. The number of hydrogen-bond donors (Lipinski definition) is 2. The number of carboxylic acids is 1. The van der Waals surface area contributed by atoms with Gasteiger partial charge in [0.25, 0.3) is 0 Å². The van der Waals surface area contributed by atoms with Crippen LogP contribution >= 0.6 is 0 Å². The number of rotatable bonds is 6. The minimum Gasteiger partial charge on any atom is -0.480 e. The quantitative estimate of drug-likeness (QED) is 0.792. The Hall–Kier alpha value is -2.89. The molecule has 5 nitrogen and oxygen atoms in total. The summed E-state index contributed by atoms with van der Waals surface area (Å²) < 4.78 is 18.6. The van der Waals surface area contributed by atoms with Crippen LogP contribution in [0, 0.1) is 18.2 Å². The molecule has 3 aliphatic rings. The number of benzene rings is 2. The molecule has 2 aromatic rings. The lowest BCUT2D eigenvalue weighted by Crippen LogP contribution is -2.73. The van der Waals surface area contributed by atoms with E-state index in [1.54, 1.807) is 6.07 Å². The molecule has 3 aliphatic carbocycles. The first-order chi connectivity index (χ1) is 13.3. The lowest BCUT2D eigenvalue weighted by atomic mass is 9.31. The highest BCUT2D eigenvalue weighted by Crippen LogP contribution is 2.75. The summed E-state index contributed by atoms with van der Waals surface area (Å²) in [6.07, 6.45) is 1.28. The number of amides is 1. The average molecular weight is 383 g/mol. The molecule has 0 aromatic heterocycles. The fraction of sp³-hybridized carbons (Fsp3) is 0.364. The van der Waals surface area contributed by atoms with Crippen LogP contribution in [0.1, 0.15) is 36.0 Å². The van der Waals surface area contributed by atoms with Gasteiger partial charge >= 0.3 is 12.1 Å². The Bertz CT molecular complexity index is 908. The van der Waals surface area contributed by atoms with Gasteiger partial charge in [0, 0.05) is 5.41 Å². The highest BCUT2D eigenvalue weighted by Gasteiger charge is 2.72. The average Bonchev–Trinajstić information content (AvgIpc) is 2.59. The summed E-state index contributed by atoms with van der Waals surface area (Å²) in [4.78, 5) is 23.9. The molecule has 5 rings (SSSR count). The van der Waals surface area contributed by atoms with Gasteiger partial charge in [-0.15, -0.1) is 0 Å². The van der Waals surface area contributed by atoms with Gasteiger partial charge in [0.05, 0.1) is 0 Å². The maximum absolute atomic E-state index is 13.4. The molecule has 0 spiro atoms. The number of alkyl carbamates (subject to hydrolysis) is 1. The SMILES string of the molecule is Cc1cc(F)ccc1C12CC(C(NC(=O)OCc3ccccc3)C(=O)O)(C1)C2. The van der Waals surface area contributed by atoms with Crippen molar-refractivity contribution in [2.24, 2.45) is 5.41 Å². The summed E-state index contributed by atoms with van der Waals surface area (Å²) in [6.45, 7) is 1.96. The van der Waals surface area contributed by atoms with Crippen molar-refractivity contribution in [3.8, 4) is 0 Å². The van der Waals surface area contributed by atoms with E-state index in [4.69, 9.17) is 4.74 Å². The van der Waals surface area contributed by atoms with Gasteiger partial charge in [-0.1, -0.05) is 36.4 Å². The molecule has 1 unspecified atom stereocenters. The maximum Gasteiger partial charge on any atom is 0.408 e. The largest absolute Gasteiger partial charge is 0.480 e. The number of ether oxygens (including phenoxy) is 1. The first-order valence-corrected chi connectivity index (χ1v) is 9.30. The number of nitrogens with one attached hydrogen (secondary N) is 1. The molecule has 0 saturated heterocycles. The summed E-state index contributed by atoms with van der Waals surface area (Å²) in [7, 11) is 0. The second kappa shape index (κ2) is 6.62. The smallest absolute Gasteiger partial charge is 0.408 e. The molecule has 2 N–H and O–H groups in total. The van der Waals surface area contributed by atoms with Gasteiger partial charge in [-0.3, -0.25) is 0 Å². The normalized spacial score (nSPS) is 25.8. The van der Waals surface area contributed by atoms with E-state index in [1.807, 2.05) is 37.3 Å². The van der Waals surface area contributed by atoms with Crippen LogP contribution in [-0.2, 0) is 21.6 Å². The van der Waals surface area contributed by atoms with Gasteiger partial charge < -0.3 is 15.2 Å². The summed E-state index contributed by atoms with van der Waals surface area (Å²) in [5, 5.41) is 12.2. The molecule has 0 heterocycles. The molecular formula is C22H22FNO4. The highest BCUT2D eigenvalue weighted by molar-refractivity contribution is 5.82. The predicted octanol–water partition coefficient (Wildman–Crippen LogP) is 3.94. The van der Waals surface area contributed by atoms with E-state index in [1.165, 1.54) is 12.1 Å². The van der Waals surface area contributed by atoms with E-state index in [-0.39, 0.29) is 17.8 Å². The molecule has 2 aromatic carbocycles. The Kier molecular flexibility index (Phi) is 4.37. The summed E-state index contributed by atoms with van der Waals surface area (Å²) >= 11 is 0. The number of hydrogen-bond acceptors (Lipinski definition) is 3. The van der Waals surface area contributed by atoms with Gasteiger partial charge in [0.1, 0.15) is 18.5 Å². The van der Waals surface area contributed by atoms with Crippen LogP contribution in [0.3, 0.4) is 0 Å². The first-order valence-electron chi connectivity index (χ1n) is 9.30. The van der Waals surface area contributed by atoms with Crippen LogP contribution in [0.15, 0.2) is 48.5 Å². The fourth-order valence-electron chi connectivity index (χ4n) is 5.04. The Labute approximate surface area is 162 Å². The molecule has 1 amide bonds. The molecule has 0 aliphatic heterocycles. The third-order valence-electron chi connectivity index (χ3n) is 6.17. The number of aliphatic carboxylic acids is 1. The maximum atomic E-state index is 13.4. The Morgan fingerprint density at radius 1 is 1.18 bits per heavy atom. The van der Waals surface area contributed by atoms with Crippen molar-refractivity contribution in [2.45, 2.75) is 44.2 Å². The van der Waals surface area contributed by atoms with Gasteiger partial charge in [0.2, 0.25) is 0 Å². The van der Waals surface area contributed by atoms with Crippen LogP contribution in [0.2, 0.25) is 0 Å². The minimum absolute atomic E-state index is 0.0880. The first kappa shape index (κ1) is 18.5. The summed E-state index contributed by atoms with van der Waals surface area (Å²) in [6, 6.07) is 13.0. The number of carbonyl (C=O) groups excluding carboxylic acids is 1. The van der Waals surface area contributed by atoms with Crippen molar-refractivity contribution in [3.05, 3.63) is 71.0 Å². The second-order valence-corrected chi connectivity index (χ2v) is 8.11. The second-order valence-electron chi connectivity index (χ2n) is 8.11. The number of halogens is 1. The number of carboxylic acid groups (broad SMARTS) is 1. The van der Waals surface area contributed by atoms with Crippen molar-refractivity contribution >= 4 is 12.1 Å². The Balaban J connectivity index is 1.39. The van der Waals surface area contributed by atoms with Gasteiger partial charge in [-0.2, -0.15) is 0 Å². The zero-order valence-corrected chi connectivity index (χ0v) is 15.6. The summed E-state index contributed by atoms with van der Waals surface area (Å²) in [5.74, 6) is -1.32. The van der Waals surface area contributed by atoms with Crippen LogP contribution in [0.5, 0.6) is 0 Å². The van der Waals surface area contributed by atoms with Crippen molar-refractivity contribution in [2.75, 3.05) is 0 Å². The van der Waals surface area contributed by atoms with E-state index in [9.17, 15) is 19.1 Å². The molecule has 3 fully saturated rings. The fourth-order valence-corrected chi connectivity index (χ4v) is 5.04. The van der Waals surface area contributed by atoms with E-state index >= 15 is 0 Å². The highest BCUT2D eigenvalue weighted by atomic mass is 19.1. The molecule has 1 atom stereocenters. The van der Waals surface area contributed by atoms with E-state index in [2.05, 4.69) is 5.32 Å². The monoisotopic (exact) mass is 383 g/mol. The Morgan fingerprint density at radius 2 is 1.86 bits per heavy atom. The Morgan fingerprint density at radius 3 is 2.46 bits per heavy atom. The van der Waals surface area contributed by atoms with Gasteiger partial charge in [0.15, 0.2) is 0 Å². The molecular weight excluding hydrogens is 361 g/mol. The van der Waals surface area contributed by atoms with Gasteiger partial charge in [-0.05, 0) is 60.4 Å². The zero-order chi connectivity index (χ0) is 19.9. The van der Waals surface area contributed by atoms with Crippen molar-refractivity contribution in [1.29, 1.82) is 0 Å². The van der Waals surface area contributed by atoms with Crippen molar-refractivity contribution in [3.63, 3.8) is 0 Å². The zero-order valence-electron chi connectivity index (χ0n) is 15.6. The molecule has 146 valence electrons. The van der Waals surface area contributed by atoms with Crippen molar-refractivity contribution in [1.82, 2.24) is 5.32 Å². The standard InChI is InChI=1S/C22H22FNO4/c1-14-9-16(23)7-8-17(14)21-11-22(12-21,13-21)18(19(25)26)24-20(27)28-10-15-5-3-2-4-6-15/h2-9,18H,10-13H2,1H3,(H,24,27)(H,25,26). The number of carbonyl (C=O) groups is 2. The van der Waals surface area contributed by atoms with Crippen molar-refractivity contribution < 1.29 is 23.8 Å². The third kappa shape index (κ3) is 3.03. The van der Waals surface area contributed by atoms with Crippen LogP contribution in [0.25, 0.3) is 0 Å². The van der Waals surface area contributed by atoms with Crippen LogP contribution in [0.4, 0.5) is 9.18 Å².